The van der Waals surface area contributed by atoms with E-state index in [2.05, 4.69) is 105 Å². The zero-order chi connectivity index (χ0) is 51.9. The van der Waals surface area contributed by atoms with Gasteiger partial charge in [-0.1, -0.05) is 65.3 Å². The average Bonchev–Trinajstić information content (AvgIpc) is 3.77. The molecule has 0 aromatic heterocycles. The number of aliphatic hydroxyl groups is 4. The summed E-state index contributed by atoms with van der Waals surface area (Å²) in [6.45, 7) is 13.2. The van der Waals surface area contributed by atoms with Crippen LogP contribution >= 0.6 is 0 Å². The molecule has 3 aromatic rings. The number of allylic oxidation sites excluding steroid dienone is 7. The van der Waals surface area contributed by atoms with Crippen LogP contribution in [0.5, 0.6) is 0 Å². The van der Waals surface area contributed by atoms with Crippen LogP contribution in [0.25, 0.3) is 10.8 Å². The second-order valence-corrected chi connectivity index (χ2v) is 23.4. The first-order chi connectivity index (χ1) is 34.2. The number of ether oxygens (including phenoxy) is 2. The molecule has 6 unspecified atom stereocenters. The number of benzene rings is 3. The van der Waals surface area contributed by atoms with E-state index in [0.29, 0.717) is 38.0 Å². The second kappa shape index (κ2) is 55.7. The topological polar surface area (TPSA) is 220 Å². The van der Waals surface area contributed by atoms with Gasteiger partial charge in [0.15, 0.2) is 17.7 Å². The molecule has 0 amide bonds. The normalized spacial score (nSPS) is 21.5. The van der Waals surface area contributed by atoms with Crippen molar-refractivity contribution in [3.63, 3.8) is 0 Å². The number of rotatable bonds is 18. The first-order valence-corrected chi connectivity index (χ1v) is 28.9. The van der Waals surface area contributed by atoms with Crippen LogP contribution in [-0.2, 0) is 538 Å². The number of nitrogens with zero attached hydrogens (tertiary/aromatic N) is 2. The third kappa shape index (κ3) is 29.2. The third-order valence-corrected chi connectivity index (χ3v) is 17.8. The van der Waals surface area contributed by atoms with E-state index < -0.39 is 73.3 Å². The average molecular weight is 2390 g/mol. The molecule has 0 bridgehead atoms. The maximum Gasteiger partial charge on any atom is 1.00 e. The Hall–Kier alpha value is 13.3. The van der Waals surface area contributed by atoms with Gasteiger partial charge in [-0.15, -0.1) is 34.5 Å². The van der Waals surface area contributed by atoms with E-state index in [1.54, 1.807) is 0 Å². The van der Waals surface area contributed by atoms with Crippen molar-refractivity contribution in [1.82, 2.24) is 0 Å². The molecule has 1 saturated heterocycles. The van der Waals surface area contributed by atoms with E-state index in [1.807, 2.05) is 19.1 Å². The van der Waals surface area contributed by atoms with Crippen LogP contribution in [0, 0.1) is 19.4 Å². The fourth-order valence-corrected chi connectivity index (χ4v) is 13.5. The van der Waals surface area contributed by atoms with E-state index >= 15 is 0 Å². The summed E-state index contributed by atoms with van der Waals surface area (Å²) < 4.78 is 86.1. The van der Waals surface area contributed by atoms with Gasteiger partial charge in [-0.3, -0.25) is 0 Å². The van der Waals surface area contributed by atoms with Crippen LogP contribution in [0.1, 0.15) is 134 Å². The number of fused-ring (bicyclic) bond motifs is 6. The fraction of sp³-hybridized carbons (Fsp3) is 0.536. The van der Waals surface area contributed by atoms with Gasteiger partial charge in [-0.2, -0.15) is 12.8 Å². The number of aliphatic hydroxyl groups excluding tert-OH is 4. The van der Waals surface area contributed by atoms with Crippen LogP contribution in [0.3, 0.4) is 0 Å². The second-order valence-electron chi connectivity index (χ2n) is 20.4. The van der Waals surface area contributed by atoms with Crippen LogP contribution < -0.4 is 34.5 Å². The SMILES string of the molecule is CCC1(CC)C(/C=C/C2=C(OCC3OC(O)C(O)C(O)C3O)C(=C/C=C3/N(CCCS(=O)(=O)[O-])c4ccc5c(c4C3(CC)CC)C(C)C[CH-]C5)/CCC2)=[N+](CCCS(=O)(=O)[O-])c2ccc3cc(C)c[c-]c3c21.[H-].[Na+].[Y].[Y].[Y].[Y].[Y].[Y].[Y].[Y].[Y].[Y].[Y].[Y].[Y].[Y].[Y]. The zero-order valence-corrected chi connectivity index (χ0v) is 98.3. The Morgan fingerprint density at radius 3 is 1.91 bits per heavy atom. The molecular formula is C56H72N2NaO12S2Y15-3. The van der Waals surface area contributed by atoms with Crippen LogP contribution in [0.2, 0.25) is 0 Å². The number of hydrogen-bond acceptors (Lipinski definition) is 13. The van der Waals surface area contributed by atoms with Gasteiger partial charge < -0.3 is 51.8 Å². The molecule has 5 aliphatic rings. The summed E-state index contributed by atoms with van der Waals surface area (Å²) in [4.78, 5) is 2.20. The molecule has 6 atom stereocenters. The summed E-state index contributed by atoms with van der Waals surface area (Å²) >= 11 is 0. The molecule has 4 N–H and O–H groups in total. The molecule has 1 fully saturated rings. The maximum atomic E-state index is 12.0. The Bertz CT molecular complexity index is 3000. The Balaban J connectivity index is -0.000000459. The molecule has 3 aromatic carbocycles. The van der Waals surface area contributed by atoms with Crippen LogP contribution in [-0.4, -0.2) is 119 Å². The monoisotopic (exact) mass is 2390 g/mol. The van der Waals surface area contributed by atoms with Crippen molar-refractivity contribution in [1.29, 1.82) is 0 Å². The molecule has 3 aliphatic heterocycles. The van der Waals surface area contributed by atoms with Crippen molar-refractivity contribution in [2.45, 2.75) is 160 Å². The first-order valence-electron chi connectivity index (χ1n) is 25.8. The van der Waals surface area contributed by atoms with E-state index in [4.69, 9.17) is 9.47 Å². The number of aryl methyl sites for hydroxylation is 1. The van der Waals surface area contributed by atoms with Crippen molar-refractivity contribution in [2.24, 2.45) is 0 Å². The largest absolute Gasteiger partial charge is 1.00 e. The molecule has 8 rings (SSSR count). The Morgan fingerprint density at radius 1 is 0.761 bits per heavy atom. The number of anilines is 1. The van der Waals surface area contributed by atoms with E-state index in [0.717, 1.165) is 87.9 Å². The first kappa shape index (κ1) is 120. The van der Waals surface area contributed by atoms with Crippen molar-refractivity contribution in [2.75, 3.05) is 36.1 Å². The molecule has 3 heterocycles. The van der Waals surface area contributed by atoms with Gasteiger partial charge >= 0.3 is 29.6 Å². The molecule has 88 heavy (non-hydrogen) atoms. The molecule has 439 valence electrons. The van der Waals surface area contributed by atoms with Crippen LogP contribution in [0.15, 0.2) is 83.3 Å². The quantitative estimate of drug-likeness (QED) is 0.0598. The minimum absolute atomic E-state index is 0. The summed E-state index contributed by atoms with van der Waals surface area (Å²) in [6, 6.07) is 16.1. The van der Waals surface area contributed by atoms with Crippen molar-refractivity contribution in [3.8, 4) is 0 Å². The van der Waals surface area contributed by atoms with Gasteiger partial charge in [0.1, 0.15) is 43.3 Å². The van der Waals surface area contributed by atoms with Gasteiger partial charge in [0.25, 0.3) is 0 Å². The van der Waals surface area contributed by atoms with Gasteiger partial charge in [0.2, 0.25) is 0 Å². The fourth-order valence-electron chi connectivity index (χ4n) is 12.5. The standard InChI is InChI=1S/C56H73N2O12S2.Na.15Y.H/c1-7-55(8-2)45(57(29-13-31-71(63,64)65)42-26-21-40-33-35(5)19-24-41(40)48(42)55)27-22-38-17-12-18-39(53(38)69-34-44-50(59)51(60)52(61)54(62)70-44)23-28-46-56(9-3,10-4)49-43(58(46)30-14-32-72(66,67)68)25-20-37-16-11-15-36(6)47(37)49;;;;;;;;;;;;;;;;;/h11,19-23,25-28,33,36,44,50-52,54,59-62H,7-10,12-18,29-32,34H2,1-6H3,(H,63,64,65)(H,66,67,68);;;;;;;;;;;;;;;;;/q-1;+1;;;;;;;;;;;;;;;;-1/p-2. The van der Waals surface area contributed by atoms with Gasteiger partial charge in [0, 0.05) is 538 Å². The van der Waals surface area contributed by atoms with Crippen LogP contribution in [0.4, 0.5) is 11.4 Å². The van der Waals surface area contributed by atoms with Crippen molar-refractivity contribution >= 4 is 48.1 Å². The molecule has 0 spiro atoms. The summed E-state index contributed by atoms with van der Waals surface area (Å²) in [5, 5.41) is 44.5. The Kier molecular flexibility index (Phi) is 75.7. The van der Waals surface area contributed by atoms with E-state index in [-0.39, 0.29) is 554 Å². The molecule has 0 saturated carbocycles. The predicted octanol–water partition coefficient (Wildman–Crippen LogP) is 4.51. The van der Waals surface area contributed by atoms with Gasteiger partial charge in [0.05, 0.1) is 25.7 Å². The minimum atomic E-state index is -4.48. The molecule has 32 heteroatoms. The summed E-state index contributed by atoms with van der Waals surface area (Å²) in [5.41, 5.74) is 10.6. The summed E-state index contributed by atoms with van der Waals surface area (Å²) in [7, 11) is -8.95. The van der Waals surface area contributed by atoms with E-state index in [9.17, 15) is 46.4 Å². The summed E-state index contributed by atoms with van der Waals surface area (Å²) in [5.74, 6) is -0.228. The maximum absolute atomic E-state index is 12.0. The van der Waals surface area contributed by atoms with Crippen molar-refractivity contribution in [3.05, 3.63) is 124 Å². The smallest absolute Gasteiger partial charge is 1.00 e. The Morgan fingerprint density at radius 2 is 1.34 bits per heavy atom. The summed E-state index contributed by atoms with van der Waals surface area (Å²) in [6.07, 6.45) is 9.55. The molecule has 15 radical (unpaired) electrons. The predicted molar refractivity (Wildman–Crippen MR) is 277 cm³/mol. The zero-order valence-electron chi connectivity index (χ0n) is 53.1. The van der Waals surface area contributed by atoms with Crippen molar-refractivity contribution < 1.29 is 582 Å². The van der Waals surface area contributed by atoms with Gasteiger partial charge in [-0.05, 0) is 109 Å². The molecule has 14 nitrogen and oxygen atoms in total. The number of hydrogen-bond donors (Lipinski definition) is 4. The Labute approximate surface area is 926 Å². The molecular weight excluding hydrogens is 2310 g/mol. The minimum Gasteiger partial charge on any atom is -1.00 e. The molecule has 2 aliphatic carbocycles. The van der Waals surface area contributed by atoms with E-state index in [1.165, 1.54) is 16.7 Å². The van der Waals surface area contributed by atoms with Gasteiger partial charge in [-0.25, -0.2) is 21.4 Å². The third-order valence-electron chi connectivity index (χ3n) is 16.2.